The Balaban J connectivity index is 2.07. The molecule has 1 aliphatic heterocycles. The van der Waals surface area contributed by atoms with Gasteiger partial charge in [0.2, 0.25) is 5.91 Å². The highest BCUT2D eigenvalue weighted by molar-refractivity contribution is 5.90. The third kappa shape index (κ3) is 7.02. The molecule has 0 saturated carbocycles. The van der Waals surface area contributed by atoms with Crippen molar-refractivity contribution in [1.82, 2.24) is 10.6 Å². The number of ether oxygens (including phenoxy) is 3. The summed E-state index contributed by atoms with van der Waals surface area (Å²) in [7, 11) is 3.03. The zero-order valence-electron chi connectivity index (χ0n) is 16.8. The number of benzene rings is 1. The van der Waals surface area contributed by atoms with E-state index in [0.29, 0.717) is 36.6 Å². The Bertz CT molecular complexity index is 742. The van der Waals surface area contributed by atoms with Crippen molar-refractivity contribution < 1.29 is 28.6 Å². The number of anilines is 1. The van der Waals surface area contributed by atoms with Crippen LogP contribution in [0.15, 0.2) is 30.4 Å². The van der Waals surface area contributed by atoms with Crippen LogP contribution in [0.2, 0.25) is 0 Å². The standard InChI is InChI=1S/C20H27N3O6/c1-4-29-18(24)6-5-14(9-13-7-8-21-19(13)25)22-20(26)23-15-10-16(27-2)12-17(11-15)28-3/h5-6,10-14H,4,7-9H2,1-3H3,(H,21,25)(H2,22,23,26)/t13-,14+/m0/s1. The molecule has 1 aromatic carbocycles. The molecule has 0 unspecified atom stereocenters. The van der Waals surface area contributed by atoms with Crippen LogP contribution in [0.1, 0.15) is 19.8 Å². The molecule has 3 amide bonds. The Morgan fingerprint density at radius 2 is 1.93 bits per heavy atom. The van der Waals surface area contributed by atoms with E-state index in [2.05, 4.69) is 16.0 Å². The Morgan fingerprint density at radius 3 is 2.48 bits per heavy atom. The molecule has 0 radical (unpaired) electrons. The maximum atomic E-state index is 12.5. The van der Waals surface area contributed by atoms with E-state index in [0.717, 1.165) is 0 Å². The van der Waals surface area contributed by atoms with Crippen molar-refractivity contribution >= 4 is 23.6 Å². The highest BCUT2D eigenvalue weighted by Crippen LogP contribution is 2.25. The normalized spacial score (nSPS) is 16.8. The summed E-state index contributed by atoms with van der Waals surface area (Å²) in [5.41, 5.74) is 0.477. The highest BCUT2D eigenvalue weighted by atomic mass is 16.5. The van der Waals surface area contributed by atoms with Gasteiger partial charge in [-0.05, 0) is 19.8 Å². The number of rotatable bonds is 9. The van der Waals surface area contributed by atoms with Gasteiger partial charge in [0.25, 0.3) is 0 Å². The lowest BCUT2D eigenvalue weighted by Gasteiger charge is -2.18. The summed E-state index contributed by atoms with van der Waals surface area (Å²) < 4.78 is 15.3. The molecule has 0 aliphatic carbocycles. The molecule has 9 nitrogen and oxygen atoms in total. The SMILES string of the molecule is CCOC(=O)C=C[C@H](C[C@@H]1CCNC1=O)NC(=O)Nc1cc(OC)cc(OC)c1. The molecule has 1 fully saturated rings. The molecule has 3 N–H and O–H groups in total. The van der Waals surface area contributed by atoms with Gasteiger partial charge in [0.1, 0.15) is 11.5 Å². The van der Waals surface area contributed by atoms with Crippen LogP contribution in [-0.2, 0) is 14.3 Å². The number of urea groups is 1. The topological polar surface area (TPSA) is 115 Å². The van der Waals surface area contributed by atoms with Crippen LogP contribution < -0.4 is 25.4 Å². The summed E-state index contributed by atoms with van der Waals surface area (Å²) >= 11 is 0. The number of hydrogen-bond acceptors (Lipinski definition) is 6. The summed E-state index contributed by atoms with van der Waals surface area (Å²) in [6.07, 6.45) is 3.85. The van der Waals surface area contributed by atoms with Gasteiger partial charge < -0.3 is 30.2 Å². The van der Waals surface area contributed by atoms with Crippen molar-refractivity contribution in [1.29, 1.82) is 0 Å². The minimum atomic E-state index is -0.527. The van der Waals surface area contributed by atoms with E-state index in [1.807, 2.05) is 0 Å². The molecule has 9 heteroatoms. The van der Waals surface area contributed by atoms with Gasteiger partial charge in [0.05, 0.1) is 26.9 Å². The lowest BCUT2D eigenvalue weighted by molar-refractivity contribution is -0.137. The average Bonchev–Trinajstić information content (AvgIpc) is 3.10. The van der Waals surface area contributed by atoms with Crippen LogP contribution in [0.4, 0.5) is 10.5 Å². The number of hydrogen-bond donors (Lipinski definition) is 3. The molecule has 1 heterocycles. The van der Waals surface area contributed by atoms with Crippen LogP contribution in [0.3, 0.4) is 0 Å². The maximum Gasteiger partial charge on any atom is 0.330 e. The zero-order valence-corrected chi connectivity index (χ0v) is 16.8. The van der Waals surface area contributed by atoms with Crippen LogP contribution in [0, 0.1) is 5.92 Å². The summed E-state index contributed by atoms with van der Waals surface area (Å²) in [5.74, 6) is 0.263. The van der Waals surface area contributed by atoms with Gasteiger partial charge >= 0.3 is 12.0 Å². The Labute approximate surface area is 169 Å². The van der Waals surface area contributed by atoms with Gasteiger partial charge in [-0.25, -0.2) is 9.59 Å². The van der Waals surface area contributed by atoms with E-state index in [4.69, 9.17) is 14.2 Å². The second-order valence-corrected chi connectivity index (χ2v) is 6.43. The molecule has 158 valence electrons. The Morgan fingerprint density at radius 1 is 1.24 bits per heavy atom. The predicted octanol–water partition coefficient (Wildman–Crippen LogP) is 1.84. The summed E-state index contributed by atoms with van der Waals surface area (Å²) in [6.45, 7) is 2.57. The minimum Gasteiger partial charge on any atom is -0.497 e. The van der Waals surface area contributed by atoms with Crippen molar-refractivity contribution in [2.75, 3.05) is 32.7 Å². The Hall–Kier alpha value is -3.23. The van der Waals surface area contributed by atoms with E-state index in [-0.39, 0.29) is 18.4 Å². The van der Waals surface area contributed by atoms with Crippen molar-refractivity contribution in [3.8, 4) is 11.5 Å². The quantitative estimate of drug-likeness (QED) is 0.427. The fraction of sp³-hybridized carbons (Fsp3) is 0.450. The van der Waals surface area contributed by atoms with E-state index >= 15 is 0 Å². The van der Waals surface area contributed by atoms with Crippen LogP contribution in [0.5, 0.6) is 11.5 Å². The molecule has 29 heavy (non-hydrogen) atoms. The summed E-state index contributed by atoms with van der Waals surface area (Å²) in [6, 6.07) is 3.97. The largest absolute Gasteiger partial charge is 0.497 e. The number of carbonyl (C=O) groups excluding carboxylic acids is 3. The second kappa shape index (κ2) is 10.9. The molecule has 0 bridgehead atoms. The van der Waals surface area contributed by atoms with E-state index in [1.54, 1.807) is 25.1 Å². The number of amides is 3. The smallest absolute Gasteiger partial charge is 0.330 e. The fourth-order valence-electron chi connectivity index (χ4n) is 2.96. The zero-order chi connectivity index (χ0) is 21.2. The van der Waals surface area contributed by atoms with Crippen molar-refractivity contribution in [2.45, 2.75) is 25.8 Å². The van der Waals surface area contributed by atoms with Gasteiger partial charge in [-0.2, -0.15) is 0 Å². The number of nitrogens with one attached hydrogen (secondary N) is 3. The predicted molar refractivity (Wildman–Crippen MR) is 107 cm³/mol. The molecule has 2 atom stereocenters. The molecular formula is C20H27N3O6. The third-order valence-electron chi connectivity index (χ3n) is 4.38. The van der Waals surface area contributed by atoms with E-state index in [1.165, 1.54) is 26.4 Å². The first-order valence-electron chi connectivity index (χ1n) is 9.38. The molecule has 1 saturated heterocycles. The molecule has 1 aliphatic rings. The summed E-state index contributed by atoms with van der Waals surface area (Å²) in [5, 5.41) is 8.26. The number of carbonyl (C=O) groups is 3. The van der Waals surface area contributed by atoms with E-state index < -0.39 is 18.0 Å². The summed E-state index contributed by atoms with van der Waals surface area (Å²) in [4.78, 5) is 36.0. The maximum absolute atomic E-state index is 12.5. The lowest BCUT2D eigenvalue weighted by atomic mass is 9.98. The molecule has 0 aromatic heterocycles. The Kier molecular flexibility index (Phi) is 8.32. The first-order valence-corrected chi connectivity index (χ1v) is 9.38. The van der Waals surface area contributed by atoms with Crippen LogP contribution >= 0.6 is 0 Å². The van der Waals surface area contributed by atoms with Crippen molar-refractivity contribution in [3.05, 3.63) is 30.4 Å². The van der Waals surface area contributed by atoms with E-state index in [9.17, 15) is 14.4 Å². The minimum absolute atomic E-state index is 0.0562. The molecule has 2 rings (SSSR count). The molecule has 0 spiro atoms. The molecule has 1 aromatic rings. The number of esters is 1. The fourth-order valence-corrected chi connectivity index (χ4v) is 2.96. The van der Waals surface area contributed by atoms with Gasteiger partial charge in [-0.3, -0.25) is 4.79 Å². The van der Waals surface area contributed by atoms with Gasteiger partial charge in [-0.15, -0.1) is 0 Å². The van der Waals surface area contributed by atoms with Crippen molar-refractivity contribution in [2.24, 2.45) is 5.92 Å². The van der Waals surface area contributed by atoms with Gasteiger partial charge in [-0.1, -0.05) is 6.08 Å². The van der Waals surface area contributed by atoms with Gasteiger partial charge in [0, 0.05) is 42.4 Å². The lowest BCUT2D eigenvalue weighted by Crippen LogP contribution is -2.39. The van der Waals surface area contributed by atoms with Gasteiger partial charge in [0.15, 0.2) is 0 Å². The highest BCUT2D eigenvalue weighted by Gasteiger charge is 2.27. The van der Waals surface area contributed by atoms with Crippen LogP contribution in [-0.4, -0.2) is 51.3 Å². The van der Waals surface area contributed by atoms with Crippen molar-refractivity contribution in [3.63, 3.8) is 0 Å². The third-order valence-corrected chi connectivity index (χ3v) is 4.38. The average molecular weight is 405 g/mol. The monoisotopic (exact) mass is 405 g/mol. The first kappa shape index (κ1) is 22.1. The second-order valence-electron chi connectivity index (χ2n) is 6.43. The number of methoxy groups -OCH3 is 2. The van der Waals surface area contributed by atoms with Crippen LogP contribution in [0.25, 0.3) is 0 Å². The molecular weight excluding hydrogens is 378 g/mol. The first-order chi connectivity index (χ1) is 13.9.